The van der Waals surface area contributed by atoms with Gasteiger partial charge in [-0.15, -0.1) is 0 Å². The van der Waals surface area contributed by atoms with Crippen LogP contribution < -0.4 is 10.6 Å². The van der Waals surface area contributed by atoms with E-state index in [4.69, 9.17) is 28.9 Å². The first-order chi connectivity index (χ1) is 16.5. The van der Waals surface area contributed by atoms with Crippen LogP contribution in [0.15, 0.2) is 60.7 Å². The first-order valence-corrected chi connectivity index (χ1v) is 11.8. The number of carbonyl (C=O) groups excluding carboxylic acids is 1. The summed E-state index contributed by atoms with van der Waals surface area (Å²) < 4.78 is 27.2. The van der Waals surface area contributed by atoms with Crippen molar-refractivity contribution in [1.82, 2.24) is 4.90 Å². The molecule has 0 bridgehead atoms. The van der Waals surface area contributed by atoms with Gasteiger partial charge in [0.25, 0.3) is 0 Å². The van der Waals surface area contributed by atoms with E-state index in [1.54, 1.807) is 25.1 Å². The highest BCUT2D eigenvalue weighted by atomic mass is 35.5. The molecule has 2 atom stereocenters. The lowest BCUT2D eigenvalue weighted by molar-refractivity contribution is 0.00997. The quantitative estimate of drug-likeness (QED) is 0.472. The molecule has 9 heteroatoms. The van der Waals surface area contributed by atoms with E-state index in [-0.39, 0.29) is 12.6 Å². The Morgan fingerprint density at radius 1 is 1.06 bits per heavy atom. The molecule has 1 amide bonds. The summed E-state index contributed by atoms with van der Waals surface area (Å²) in [5, 5.41) is 12.1. The Balaban J connectivity index is 1.62. The minimum atomic E-state index is -1.40. The van der Waals surface area contributed by atoms with Gasteiger partial charge in [0.1, 0.15) is 0 Å². The molecule has 1 fully saturated rings. The molecule has 3 N–H and O–H groups in total. The minimum absolute atomic E-state index is 0.154. The zero-order chi connectivity index (χ0) is 25.3. The Kier molecular flexibility index (Phi) is 7.33. The molecular weight excluding hydrogens is 495 g/mol. The Labute approximate surface area is 212 Å². The van der Waals surface area contributed by atoms with E-state index in [0.29, 0.717) is 40.8 Å². The van der Waals surface area contributed by atoms with Crippen LogP contribution in [0.1, 0.15) is 34.5 Å². The number of piperazine rings is 1. The normalized spacial score (nSPS) is 18.3. The second-order valence-electron chi connectivity index (χ2n) is 8.93. The number of hydrogen-bond donors (Lipinski definition) is 2. The number of amides is 1. The second-order valence-corrected chi connectivity index (χ2v) is 9.77. The number of benzene rings is 3. The fourth-order valence-corrected chi connectivity index (χ4v) is 4.91. The van der Waals surface area contributed by atoms with Crippen molar-refractivity contribution in [1.29, 1.82) is 0 Å². The van der Waals surface area contributed by atoms with Crippen LogP contribution in [0.2, 0.25) is 10.0 Å². The van der Waals surface area contributed by atoms with Crippen molar-refractivity contribution in [3.05, 3.63) is 99.0 Å². The molecule has 4 rings (SSSR count). The fraction of sp³-hybridized carbons (Fsp3) is 0.269. The van der Waals surface area contributed by atoms with Crippen molar-refractivity contribution in [2.24, 2.45) is 5.73 Å². The van der Waals surface area contributed by atoms with E-state index < -0.39 is 23.1 Å². The summed E-state index contributed by atoms with van der Waals surface area (Å²) >= 11 is 12.6. The molecule has 35 heavy (non-hydrogen) atoms. The maximum Gasteiger partial charge on any atom is 0.248 e. The standard InChI is InChI=1S/C26H25Cl2F2N3O2/c1-26(35,18-5-8-21(29)22(30)13-18)15-32-10-11-33(23-9-4-17(25(31)34)12-20(23)28)24(14-32)16-2-6-19(27)7-3-16/h2-9,12-13,24,35H,10-11,14-15H2,1H3,(H2,31,34)/t24-,26+/m0/s1. The monoisotopic (exact) mass is 519 g/mol. The number of carbonyl (C=O) groups is 1. The summed E-state index contributed by atoms with van der Waals surface area (Å²) in [6.45, 7) is 3.47. The van der Waals surface area contributed by atoms with Gasteiger partial charge >= 0.3 is 0 Å². The lowest BCUT2D eigenvalue weighted by atomic mass is 9.93. The molecule has 184 valence electrons. The Bertz CT molecular complexity index is 1240. The predicted molar refractivity (Wildman–Crippen MR) is 134 cm³/mol. The lowest BCUT2D eigenvalue weighted by Crippen LogP contribution is -2.52. The number of anilines is 1. The summed E-state index contributed by atoms with van der Waals surface area (Å²) in [5.74, 6) is -2.52. The lowest BCUT2D eigenvalue weighted by Gasteiger charge is -2.45. The van der Waals surface area contributed by atoms with Crippen LogP contribution in [0.4, 0.5) is 14.5 Å². The first kappa shape index (κ1) is 25.4. The Hall–Kier alpha value is -2.71. The largest absolute Gasteiger partial charge is 0.384 e. The second kappa shape index (κ2) is 10.1. The maximum absolute atomic E-state index is 13.8. The molecule has 5 nitrogen and oxygen atoms in total. The number of nitrogens with two attached hydrogens (primary N) is 1. The average Bonchev–Trinajstić information content (AvgIpc) is 2.81. The van der Waals surface area contributed by atoms with Crippen molar-refractivity contribution in [2.75, 3.05) is 31.1 Å². The molecule has 0 aliphatic carbocycles. The molecule has 0 spiro atoms. The number of hydrogen-bond acceptors (Lipinski definition) is 4. The Morgan fingerprint density at radius 3 is 2.40 bits per heavy atom. The highest BCUT2D eigenvalue weighted by Gasteiger charge is 2.34. The van der Waals surface area contributed by atoms with Crippen molar-refractivity contribution in [3.63, 3.8) is 0 Å². The number of β-amino-alcohol motifs (C(OH)–C–C–N with tert-alkyl or cyclic N) is 1. The molecule has 0 aromatic heterocycles. The van der Waals surface area contributed by atoms with Crippen molar-refractivity contribution in [2.45, 2.75) is 18.6 Å². The van der Waals surface area contributed by atoms with Gasteiger partial charge in [0.15, 0.2) is 11.6 Å². The van der Waals surface area contributed by atoms with Gasteiger partial charge in [-0.2, -0.15) is 0 Å². The third-order valence-corrected chi connectivity index (χ3v) is 6.89. The van der Waals surface area contributed by atoms with Crippen LogP contribution in [-0.2, 0) is 5.60 Å². The van der Waals surface area contributed by atoms with E-state index in [2.05, 4.69) is 9.80 Å². The van der Waals surface area contributed by atoms with Gasteiger partial charge in [0.05, 0.1) is 22.4 Å². The van der Waals surface area contributed by atoms with Gasteiger partial charge in [-0.05, 0) is 60.5 Å². The molecule has 3 aromatic carbocycles. The molecule has 3 aromatic rings. The molecule has 0 saturated carbocycles. The highest BCUT2D eigenvalue weighted by molar-refractivity contribution is 6.33. The topological polar surface area (TPSA) is 69.8 Å². The van der Waals surface area contributed by atoms with Gasteiger partial charge in [0.2, 0.25) is 5.91 Å². The Morgan fingerprint density at radius 2 is 1.77 bits per heavy atom. The molecule has 1 heterocycles. The number of rotatable bonds is 6. The smallest absolute Gasteiger partial charge is 0.248 e. The van der Waals surface area contributed by atoms with Crippen LogP contribution in [0.25, 0.3) is 0 Å². The molecule has 1 saturated heterocycles. The van der Waals surface area contributed by atoms with E-state index in [1.165, 1.54) is 6.07 Å². The van der Waals surface area contributed by atoms with Gasteiger partial charge in [-0.25, -0.2) is 8.78 Å². The van der Waals surface area contributed by atoms with E-state index in [9.17, 15) is 18.7 Å². The molecule has 1 aliphatic rings. The van der Waals surface area contributed by atoms with Gasteiger partial charge < -0.3 is 15.7 Å². The van der Waals surface area contributed by atoms with Crippen molar-refractivity contribution < 1.29 is 18.7 Å². The third kappa shape index (κ3) is 5.59. The summed E-state index contributed by atoms with van der Waals surface area (Å²) in [4.78, 5) is 15.8. The third-order valence-electron chi connectivity index (χ3n) is 6.33. The number of halogens is 4. The van der Waals surface area contributed by atoms with Gasteiger partial charge in [-0.3, -0.25) is 9.69 Å². The number of nitrogens with zero attached hydrogens (tertiary/aromatic N) is 2. The van der Waals surface area contributed by atoms with E-state index >= 15 is 0 Å². The van der Waals surface area contributed by atoms with Crippen LogP contribution in [-0.4, -0.2) is 42.1 Å². The van der Waals surface area contributed by atoms with Crippen molar-refractivity contribution >= 4 is 34.8 Å². The van der Waals surface area contributed by atoms with Crippen molar-refractivity contribution in [3.8, 4) is 0 Å². The molecular formula is C26H25Cl2F2N3O2. The molecule has 1 aliphatic heterocycles. The average molecular weight is 520 g/mol. The summed E-state index contributed by atoms with van der Waals surface area (Å²) in [6, 6.07) is 15.7. The van der Waals surface area contributed by atoms with Gasteiger partial charge in [0, 0.05) is 36.8 Å². The van der Waals surface area contributed by atoms with Crippen LogP contribution in [0, 0.1) is 11.6 Å². The first-order valence-electron chi connectivity index (χ1n) is 11.1. The summed E-state index contributed by atoms with van der Waals surface area (Å²) in [7, 11) is 0. The number of aliphatic hydroxyl groups is 1. The van der Waals surface area contributed by atoms with E-state index in [0.717, 1.165) is 23.4 Å². The zero-order valence-electron chi connectivity index (χ0n) is 19.0. The summed E-state index contributed by atoms with van der Waals surface area (Å²) in [6.07, 6.45) is 0. The SMILES string of the molecule is C[C@@](O)(CN1CCN(c2ccc(C(N)=O)cc2Cl)[C@H](c2ccc(Cl)cc2)C1)c1ccc(F)c(F)c1. The zero-order valence-corrected chi connectivity index (χ0v) is 20.5. The minimum Gasteiger partial charge on any atom is -0.384 e. The predicted octanol–water partition coefficient (Wildman–Crippen LogP) is 5.14. The fourth-order valence-electron chi connectivity index (χ4n) is 4.49. The molecule has 0 radical (unpaired) electrons. The van der Waals surface area contributed by atoms with Crippen LogP contribution >= 0.6 is 23.2 Å². The number of primary amides is 1. The summed E-state index contributed by atoms with van der Waals surface area (Å²) in [5.41, 5.74) is 6.35. The molecule has 0 unspecified atom stereocenters. The highest BCUT2D eigenvalue weighted by Crippen LogP contribution is 2.37. The van der Waals surface area contributed by atoms with Crippen LogP contribution in [0.3, 0.4) is 0 Å². The van der Waals surface area contributed by atoms with Gasteiger partial charge in [-0.1, -0.05) is 41.4 Å². The van der Waals surface area contributed by atoms with E-state index in [1.807, 2.05) is 24.3 Å². The maximum atomic E-state index is 13.8. The van der Waals surface area contributed by atoms with Crippen LogP contribution in [0.5, 0.6) is 0 Å².